The minimum atomic E-state index is -1.37. The molecule has 20 heavy (non-hydrogen) atoms. The summed E-state index contributed by atoms with van der Waals surface area (Å²) in [4.78, 5) is 26.4. The molecule has 0 spiro atoms. The molecule has 5 nitrogen and oxygen atoms in total. The Labute approximate surface area is 121 Å². The van der Waals surface area contributed by atoms with Crippen molar-refractivity contribution < 1.29 is 19.1 Å². The van der Waals surface area contributed by atoms with Gasteiger partial charge in [0.05, 0.1) is 5.56 Å². The zero-order valence-electron chi connectivity index (χ0n) is 9.93. The van der Waals surface area contributed by atoms with Crippen LogP contribution in [-0.4, -0.2) is 22.0 Å². The van der Waals surface area contributed by atoms with E-state index in [1.54, 1.807) is 6.07 Å². The Morgan fingerprint density at radius 1 is 1.25 bits per heavy atom. The SMILES string of the molecule is O=C(Nc1ccc(C(=O)O)c(F)c1)c1ccc(Br)cn1. The van der Waals surface area contributed by atoms with Gasteiger partial charge in [0.25, 0.3) is 5.91 Å². The van der Waals surface area contributed by atoms with Crippen molar-refractivity contribution in [3.63, 3.8) is 0 Å². The van der Waals surface area contributed by atoms with Crippen LogP contribution in [0.15, 0.2) is 41.0 Å². The van der Waals surface area contributed by atoms with Gasteiger partial charge in [-0.2, -0.15) is 0 Å². The molecule has 1 heterocycles. The second-order valence-electron chi connectivity index (χ2n) is 3.82. The fourth-order valence-electron chi connectivity index (χ4n) is 1.47. The number of hydrogen-bond donors (Lipinski definition) is 2. The number of nitrogens with one attached hydrogen (secondary N) is 1. The molecule has 0 unspecified atom stereocenters. The molecular weight excluding hydrogens is 331 g/mol. The third kappa shape index (κ3) is 3.18. The third-order valence-corrected chi connectivity index (χ3v) is 2.89. The van der Waals surface area contributed by atoms with Gasteiger partial charge in [-0.15, -0.1) is 0 Å². The predicted octanol–water partition coefficient (Wildman–Crippen LogP) is 2.93. The van der Waals surface area contributed by atoms with Gasteiger partial charge < -0.3 is 10.4 Å². The summed E-state index contributed by atoms with van der Waals surface area (Å²) in [6.45, 7) is 0. The number of anilines is 1. The maximum atomic E-state index is 13.5. The Morgan fingerprint density at radius 3 is 2.55 bits per heavy atom. The van der Waals surface area contributed by atoms with Gasteiger partial charge in [-0.3, -0.25) is 4.79 Å². The van der Waals surface area contributed by atoms with Crippen LogP contribution in [0.2, 0.25) is 0 Å². The Hall–Kier alpha value is -2.28. The molecule has 2 N–H and O–H groups in total. The fourth-order valence-corrected chi connectivity index (χ4v) is 1.71. The number of benzene rings is 1. The Morgan fingerprint density at radius 2 is 2.00 bits per heavy atom. The number of rotatable bonds is 3. The number of carbonyl (C=O) groups excluding carboxylic acids is 1. The standard InChI is InChI=1S/C13H8BrFN2O3/c14-7-1-4-11(16-6-7)12(18)17-8-2-3-9(13(19)20)10(15)5-8/h1-6H,(H,17,18)(H,19,20). The summed E-state index contributed by atoms with van der Waals surface area (Å²) >= 11 is 3.19. The van der Waals surface area contributed by atoms with Crippen molar-refractivity contribution in [1.82, 2.24) is 4.98 Å². The number of halogens is 2. The van der Waals surface area contributed by atoms with Crippen LogP contribution in [0.3, 0.4) is 0 Å². The first kappa shape index (κ1) is 14.1. The lowest BCUT2D eigenvalue weighted by Gasteiger charge is -2.06. The molecule has 0 fully saturated rings. The number of amides is 1. The highest BCUT2D eigenvalue weighted by Crippen LogP contribution is 2.16. The average Bonchev–Trinajstić information content (AvgIpc) is 2.39. The predicted molar refractivity (Wildman–Crippen MR) is 73.2 cm³/mol. The number of carboxylic acid groups (broad SMARTS) is 1. The lowest BCUT2D eigenvalue weighted by molar-refractivity contribution is 0.0692. The van der Waals surface area contributed by atoms with E-state index in [-0.39, 0.29) is 11.4 Å². The molecule has 0 aliphatic rings. The van der Waals surface area contributed by atoms with Gasteiger partial charge in [0.2, 0.25) is 0 Å². The number of nitrogens with zero attached hydrogens (tertiary/aromatic N) is 1. The molecule has 0 aliphatic heterocycles. The number of aromatic nitrogens is 1. The molecular formula is C13H8BrFN2O3. The molecule has 1 aromatic heterocycles. The van der Waals surface area contributed by atoms with E-state index in [1.807, 2.05) is 0 Å². The van der Waals surface area contributed by atoms with Gasteiger partial charge in [0.1, 0.15) is 11.5 Å². The van der Waals surface area contributed by atoms with Gasteiger partial charge >= 0.3 is 5.97 Å². The molecule has 1 aromatic carbocycles. The number of carbonyl (C=O) groups is 2. The van der Waals surface area contributed by atoms with Crippen LogP contribution in [-0.2, 0) is 0 Å². The summed E-state index contributed by atoms with van der Waals surface area (Å²) in [7, 11) is 0. The third-order valence-electron chi connectivity index (χ3n) is 2.42. The minimum Gasteiger partial charge on any atom is -0.478 e. The summed E-state index contributed by atoms with van der Waals surface area (Å²) < 4.78 is 14.2. The molecule has 0 atom stereocenters. The van der Waals surface area contributed by atoms with Crippen molar-refractivity contribution in [2.45, 2.75) is 0 Å². The lowest BCUT2D eigenvalue weighted by atomic mass is 10.2. The maximum absolute atomic E-state index is 13.5. The number of carboxylic acids is 1. The number of aromatic carboxylic acids is 1. The quantitative estimate of drug-likeness (QED) is 0.901. The van der Waals surface area contributed by atoms with Crippen LogP contribution in [0.25, 0.3) is 0 Å². The molecule has 102 valence electrons. The van der Waals surface area contributed by atoms with E-state index < -0.39 is 23.3 Å². The van der Waals surface area contributed by atoms with Gasteiger partial charge in [0, 0.05) is 16.4 Å². The Kier molecular flexibility index (Phi) is 4.09. The van der Waals surface area contributed by atoms with Crippen molar-refractivity contribution in [2.24, 2.45) is 0 Å². The van der Waals surface area contributed by atoms with Gasteiger partial charge in [-0.05, 0) is 46.3 Å². The highest BCUT2D eigenvalue weighted by atomic mass is 79.9. The highest BCUT2D eigenvalue weighted by Gasteiger charge is 2.12. The van der Waals surface area contributed by atoms with E-state index in [0.717, 1.165) is 16.6 Å². The first-order valence-corrected chi connectivity index (χ1v) is 6.22. The normalized spacial score (nSPS) is 10.1. The van der Waals surface area contributed by atoms with E-state index in [4.69, 9.17) is 5.11 Å². The summed E-state index contributed by atoms with van der Waals surface area (Å²) in [5.41, 5.74) is -0.136. The van der Waals surface area contributed by atoms with Crippen LogP contribution >= 0.6 is 15.9 Å². The van der Waals surface area contributed by atoms with E-state index >= 15 is 0 Å². The van der Waals surface area contributed by atoms with Crippen molar-refractivity contribution in [3.8, 4) is 0 Å². The average molecular weight is 339 g/mol. The van der Waals surface area contributed by atoms with Crippen molar-refractivity contribution in [3.05, 3.63) is 58.1 Å². The highest BCUT2D eigenvalue weighted by molar-refractivity contribution is 9.10. The van der Waals surface area contributed by atoms with Crippen molar-refractivity contribution >= 4 is 33.5 Å². The largest absolute Gasteiger partial charge is 0.478 e. The van der Waals surface area contributed by atoms with Gasteiger partial charge in [0.15, 0.2) is 0 Å². The van der Waals surface area contributed by atoms with E-state index in [1.165, 1.54) is 18.3 Å². The molecule has 0 bridgehead atoms. The maximum Gasteiger partial charge on any atom is 0.338 e. The molecule has 2 aromatic rings. The van der Waals surface area contributed by atoms with Gasteiger partial charge in [-0.25, -0.2) is 14.2 Å². The lowest BCUT2D eigenvalue weighted by Crippen LogP contribution is -2.14. The first-order chi connectivity index (χ1) is 9.47. The smallest absolute Gasteiger partial charge is 0.338 e. The molecule has 2 rings (SSSR count). The molecule has 7 heteroatoms. The van der Waals surface area contributed by atoms with E-state index in [9.17, 15) is 14.0 Å². The van der Waals surface area contributed by atoms with Crippen LogP contribution in [0.4, 0.5) is 10.1 Å². The second kappa shape index (κ2) is 5.79. The Balaban J connectivity index is 2.18. The monoisotopic (exact) mass is 338 g/mol. The summed E-state index contributed by atoms with van der Waals surface area (Å²) in [6.07, 6.45) is 1.46. The summed E-state index contributed by atoms with van der Waals surface area (Å²) in [6, 6.07) is 6.49. The van der Waals surface area contributed by atoms with Crippen LogP contribution in [0.1, 0.15) is 20.8 Å². The first-order valence-electron chi connectivity index (χ1n) is 5.43. The van der Waals surface area contributed by atoms with Crippen molar-refractivity contribution in [2.75, 3.05) is 5.32 Å². The molecule has 0 saturated carbocycles. The molecule has 0 saturated heterocycles. The van der Waals surface area contributed by atoms with Crippen molar-refractivity contribution in [1.29, 1.82) is 0 Å². The number of pyridine rings is 1. The minimum absolute atomic E-state index is 0.155. The van der Waals surface area contributed by atoms with Crippen LogP contribution < -0.4 is 5.32 Å². The Bertz CT molecular complexity index is 674. The topological polar surface area (TPSA) is 79.3 Å². The van der Waals surface area contributed by atoms with E-state index in [0.29, 0.717) is 0 Å². The second-order valence-corrected chi connectivity index (χ2v) is 4.73. The molecule has 0 radical (unpaired) electrons. The van der Waals surface area contributed by atoms with Crippen LogP contribution in [0, 0.1) is 5.82 Å². The zero-order valence-corrected chi connectivity index (χ0v) is 11.5. The van der Waals surface area contributed by atoms with Gasteiger partial charge in [-0.1, -0.05) is 0 Å². The molecule has 0 aliphatic carbocycles. The summed E-state index contributed by atoms with van der Waals surface area (Å²) in [5.74, 6) is -2.80. The summed E-state index contributed by atoms with van der Waals surface area (Å²) in [5, 5.41) is 11.1. The van der Waals surface area contributed by atoms with Crippen LogP contribution in [0.5, 0.6) is 0 Å². The van der Waals surface area contributed by atoms with E-state index in [2.05, 4.69) is 26.2 Å². The zero-order chi connectivity index (χ0) is 14.7. The fraction of sp³-hybridized carbons (Fsp3) is 0. The molecule has 1 amide bonds. The number of hydrogen-bond acceptors (Lipinski definition) is 3.